The number of amides is 2. The summed E-state index contributed by atoms with van der Waals surface area (Å²) >= 11 is 0. The lowest BCUT2D eigenvalue weighted by Gasteiger charge is -2.36. The van der Waals surface area contributed by atoms with Crippen molar-refractivity contribution in [3.05, 3.63) is 47.3 Å². The number of rotatable bonds is 5. The Kier molecular flexibility index (Phi) is 6.18. The van der Waals surface area contributed by atoms with Crippen LogP contribution < -0.4 is 25.0 Å². The predicted octanol–water partition coefficient (Wildman–Crippen LogP) is 2.24. The quantitative estimate of drug-likeness (QED) is 0.739. The largest absolute Gasteiger partial charge is 0.493 e. The number of nitrogens with zero attached hydrogens (tertiary/aromatic N) is 2. The first-order valence-electron chi connectivity index (χ1n) is 10.6. The van der Waals surface area contributed by atoms with E-state index in [1.54, 1.807) is 26.2 Å². The van der Waals surface area contributed by atoms with Crippen molar-refractivity contribution in [3.63, 3.8) is 0 Å². The minimum absolute atomic E-state index is 0.185. The molecular formula is C23H27FN4O4. The Hall–Kier alpha value is -3.33. The highest BCUT2D eigenvalue weighted by molar-refractivity contribution is 5.98. The molecule has 4 rings (SSSR count). The van der Waals surface area contributed by atoms with Crippen molar-refractivity contribution in [1.82, 2.24) is 10.2 Å². The lowest BCUT2D eigenvalue weighted by molar-refractivity contribution is -0.122. The zero-order valence-corrected chi connectivity index (χ0v) is 18.4. The number of methoxy groups -OCH3 is 1. The van der Waals surface area contributed by atoms with Crippen molar-refractivity contribution in [2.75, 3.05) is 50.6 Å². The highest BCUT2D eigenvalue weighted by atomic mass is 19.1. The van der Waals surface area contributed by atoms with E-state index < -0.39 is 11.9 Å². The van der Waals surface area contributed by atoms with Crippen LogP contribution in [0, 0.1) is 5.82 Å². The van der Waals surface area contributed by atoms with Gasteiger partial charge in [0.1, 0.15) is 5.82 Å². The van der Waals surface area contributed by atoms with Gasteiger partial charge in [-0.25, -0.2) is 4.39 Å². The van der Waals surface area contributed by atoms with Crippen LogP contribution >= 0.6 is 0 Å². The molecule has 0 spiro atoms. The van der Waals surface area contributed by atoms with Gasteiger partial charge in [-0.05, 0) is 42.8 Å². The van der Waals surface area contributed by atoms with Crippen molar-refractivity contribution >= 4 is 23.2 Å². The van der Waals surface area contributed by atoms with Gasteiger partial charge in [0.05, 0.1) is 18.5 Å². The lowest BCUT2D eigenvalue weighted by Crippen LogP contribution is -2.46. The van der Waals surface area contributed by atoms with Gasteiger partial charge in [-0.1, -0.05) is 0 Å². The number of hydrogen-bond donors (Lipinski definition) is 2. The number of carbonyl (C=O) groups excluding carboxylic acids is 2. The highest BCUT2D eigenvalue weighted by Gasteiger charge is 2.28. The second-order valence-corrected chi connectivity index (χ2v) is 7.93. The van der Waals surface area contributed by atoms with Crippen LogP contribution in [0.15, 0.2) is 30.3 Å². The monoisotopic (exact) mass is 442 g/mol. The minimum Gasteiger partial charge on any atom is -0.493 e. The van der Waals surface area contributed by atoms with Gasteiger partial charge in [-0.3, -0.25) is 14.5 Å². The van der Waals surface area contributed by atoms with Gasteiger partial charge in [0.15, 0.2) is 17.6 Å². The topological polar surface area (TPSA) is 83.1 Å². The fourth-order valence-electron chi connectivity index (χ4n) is 4.04. The molecule has 2 amide bonds. The number of fused-ring (bicyclic) bond motifs is 1. The summed E-state index contributed by atoms with van der Waals surface area (Å²) in [5, 5.41) is 5.37. The van der Waals surface area contributed by atoms with Crippen LogP contribution in [0.25, 0.3) is 0 Å². The molecule has 0 aliphatic carbocycles. The molecule has 0 radical (unpaired) electrons. The number of ether oxygens (including phenoxy) is 2. The predicted molar refractivity (Wildman–Crippen MR) is 119 cm³/mol. The molecule has 0 aromatic heterocycles. The molecule has 8 nitrogen and oxygen atoms in total. The summed E-state index contributed by atoms with van der Waals surface area (Å²) < 4.78 is 25.8. The van der Waals surface area contributed by atoms with Gasteiger partial charge in [0.2, 0.25) is 0 Å². The van der Waals surface area contributed by atoms with E-state index in [1.165, 1.54) is 13.1 Å². The van der Waals surface area contributed by atoms with Gasteiger partial charge in [0, 0.05) is 45.3 Å². The maximum absolute atomic E-state index is 14.6. The number of anilines is 2. The van der Waals surface area contributed by atoms with E-state index in [-0.39, 0.29) is 11.8 Å². The number of benzene rings is 2. The second kappa shape index (κ2) is 9.04. The summed E-state index contributed by atoms with van der Waals surface area (Å²) in [6.07, 6.45) is -0.568. The maximum atomic E-state index is 14.6. The van der Waals surface area contributed by atoms with Gasteiger partial charge in [-0.2, -0.15) is 0 Å². The van der Waals surface area contributed by atoms with Gasteiger partial charge < -0.3 is 25.0 Å². The summed E-state index contributed by atoms with van der Waals surface area (Å²) in [7, 11) is 3.10. The Labute approximate surface area is 186 Å². The molecule has 2 heterocycles. The Balaban J connectivity index is 1.42. The Morgan fingerprint density at radius 2 is 2.00 bits per heavy atom. The van der Waals surface area contributed by atoms with E-state index in [2.05, 4.69) is 15.5 Å². The standard InChI is InChI=1S/C23H27FN4O4/c1-14-22(29)26-18-10-15(11-20(31-3)21(18)32-14)13-27-6-8-28(9-7-27)19-5-4-16(12-17(19)24)23(30)25-2/h4-5,10-12,14H,6-9,13H2,1-3H3,(H,25,30)(H,26,29). The third kappa shape index (κ3) is 4.34. The second-order valence-electron chi connectivity index (χ2n) is 7.93. The molecule has 170 valence electrons. The molecule has 0 bridgehead atoms. The molecule has 1 unspecified atom stereocenters. The SMILES string of the molecule is CNC(=O)c1ccc(N2CCN(Cc3cc4c(c(OC)c3)OC(C)C(=O)N4)CC2)c(F)c1. The van der Waals surface area contributed by atoms with E-state index in [1.807, 2.05) is 17.0 Å². The molecule has 1 atom stereocenters. The van der Waals surface area contributed by atoms with Crippen LogP contribution in [0.4, 0.5) is 15.8 Å². The molecule has 1 saturated heterocycles. The zero-order valence-electron chi connectivity index (χ0n) is 18.4. The first-order chi connectivity index (χ1) is 15.4. The lowest BCUT2D eigenvalue weighted by atomic mass is 10.1. The van der Waals surface area contributed by atoms with Gasteiger partial charge in [0.25, 0.3) is 11.8 Å². The molecule has 9 heteroatoms. The summed E-state index contributed by atoms with van der Waals surface area (Å²) in [6, 6.07) is 8.41. The first kappa shape index (κ1) is 21.9. The van der Waals surface area contributed by atoms with E-state index in [0.717, 1.165) is 18.7 Å². The molecule has 2 aromatic carbocycles. The smallest absolute Gasteiger partial charge is 0.265 e. The molecule has 2 aromatic rings. The van der Waals surface area contributed by atoms with Crippen LogP contribution in [-0.2, 0) is 11.3 Å². The summed E-state index contributed by atoms with van der Waals surface area (Å²) in [4.78, 5) is 27.9. The summed E-state index contributed by atoms with van der Waals surface area (Å²) in [5.74, 6) is 0.237. The average molecular weight is 442 g/mol. The Morgan fingerprint density at radius 1 is 1.25 bits per heavy atom. The van der Waals surface area contributed by atoms with Crippen LogP contribution in [0.2, 0.25) is 0 Å². The fourth-order valence-corrected chi connectivity index (χ4v) is 4.04. The van der Waals surface area contributed by atoms with E-state index in [9.17, 15) is 14.0 Å². The van der Waals surface area contributed by atoms with E-state index in [4.69, 9.17) is 9.47 Å². The first-order valence-corrected chi connectivity index (χ1v) is 10.6. The molecule has 32 heavy (non-hydrogen) atoms. The average Bonchev–Trinajstić information content (AvgIpc) is 2.79. The van der Waals surface area contributed by atoms with Crippen LogP contribution in [0.3, 0.4) is 0 Å². The van der Waals surface area contributed by atoms with Crippen molar-refractivity contribution < 1.29 is 23.5 Å². The molecule has 2 N–H and O–H groups in total. The van der Waals surface area contributed by atoms with E-state index >= 15 is 0 Å². The summed E-state index contributed by atoms with van der Waals surface area (Å²) in [6.45, 7) is 5.18. The number of halogens is 1. The van der Waals surface area contributed by atoms with E-state index in [0.29, 0.717) is 48.1 Å². The van der Waals surface area contributed by atoms with Crippen molar-refractivity contribution in [1.29, 1.82) is 0 Å². The number of hydrogen-bond acceptors (Lipinski definition) is 6. The molecule has 0 saturated carbocycles. The van der Waals surface area contributed by atoms with Crippen LogP contribution in [-0.4, -0.2) is 63.2 Å². The number of piperazine rings is 1. The zero-order chi connectivity index (χ0) is 22.8. The number of nitrogens with one attached hydrogen (secondary N) is 2. The normalized spacial score (nSPS) is 18.4. The maximum Gasteiger partial charge on any atom is 0.265 e. The third-order valence-electron chi connectivity index (χ3n) is 5.81. The highest BCUT2D eigenvalue weighted by Crippen LogP contribution is 2.40. The molecular weight excluding hydrogens is 415 g/mol. The van der Waals surface area contributed by atoms with Crippen LogP contribution in [0.5, 0.6) is 11.5 Å². The van der Waals surface area contributed by atoms with Crippen molar-refractivity contribution in [2.45, 2.75) is 19.6 Å². The fraction of sp³-hybridized carbons (Fsp3) is 0.391. The Morgan fingerprint density at radius 3 is 2.66 bits per heavy atom. The molecule has 2 aliphatic heterocycles. The van der Waals surface area contributed by atoms with Gasteiger partial charge >= 0.3 is 0 Å². The molecule has 1 fully saturated rings. The van der Waals surface area contributed by atoms with Crippen molar-refractivity contribution in [2.24, 2.45) is 0 Å². The summed E-state index contributed by atoms with van der Waals surface area (Å²) in [5.41, 5.74) is 2.41. The minimum atomic E-state index is -0.568. The van der Waals surface area contributed by atoms with Gasteiger partial charge in [-0.15, -0.1) is 0 Å². The Bertz CT molecular complexity index is 1040. The van der Waals surface area contributed by atoms with Crippen molar-refractivity contribution in [3.8, 4) is 11.5 Å². The molecule has 2 aliphatic rings. The number of carbonyl (C=O) groups is 2. The third-order valence-corrected chi connectivity index (χ3v) is 5.81. The van der Waals surface area contributed by atoms with Crippen LogP contribution in [0.1, 0.15) is 22.8 Å².